The molecule has 124 valence electrons. The normalized spacial score (nSPS) is 36.4. The number of nitrogens with zero attached hydrogens (tertiary/aromatic N) is 1. The highest BCUT2D eigenvalue weighted by Crippen LogP contribution is 2.48. The van der Waals surface area contributed by atoms with Gasteiger partial charge in [-0.1, -0.05) is 38.1 Å². The highest BCUT2D eigenvalue weighted by Gasteiger charge is 2.46. The highest BCUT2D eigenvalue weighted by atomic mass is 16.5. The monoisotopic (exact) mass is 313 g/mol. The zero-order valence-electron chi connectivity index (χ0n) is 14.3. The average Bonchev–Trinajstić information content (AvgIpc) is 3.07. The molecule has 0 radical (unpaired) electrons. The van der Waals surface area contributed by atoms with Gasteiger partial charge in [0.15, 0.2) is 0 Å². The molecule has 0 saturated carbocycles. The molecule has 1 aromatic carbocycles. The fourth-order valence-electron chi connectivity index (χ4n) is 4.99. The van der Waals surface area contributed by atoms with Crippen LogP contribution >= 0.6 is 0 Å². The van der Waals surface area contributed by atoms with E-state index >= 15 is 0 Å². The molecule has 4 rings (SSSR count). The molecule has 2 saturated heterocycles. The van der Waals surface area contributed by atoms with Crippen LogP contribution in [-0.2, 0) is 21.4 Å². The van der Waals surface area contributed by atoms with E-state index in [1.807, 2.05) is 0 Å². The second-order valence-corrected chi connectivity index (χ2v) is 7.92. The largest absolute Gasteiger partial charge is 0.381 e. The number of likely N-dealkylation sites (tertiary alicyclic amines) is 1. The quantitative estimate of drug-likeness (QED) is 0.797. The maximum atomic E-state index is 12.9. The molecule has 0 aromatic heterocycles. The van der Waals surface area contributed by atoms with E-state index < -0.39 is 0 Å². The number of rotatable bonds is 1. The SMILES string of the molecule is C[C@@H]1[C@@H]2Cc3ccccc3[C@@]1(C)CCN(C(=O)C1CCOC1)C2. The Labute approximate surface area is 139 Å². The van der Waals surface area contributed by atoms with E-state index in [0.717, 1.165) is 39.0 Å². The maximum Gasteiger partial charge on any atom is 0.228 e. The Balaban J connectivity index is 1.63. The molecule has 2 bridgehead atoms. The summed E-state index contributed by atoms with van der Waals surface area (Å²) >= 11 is 0. The smallest absolute Gasteiger partial charge is 0.228 e. The van der Waals surface area contributed by atoms with Crippen molar-refractivity contribution in [1.82, 2.24) is 4.90 Å². The number of fused-ring (bicyclic) bond motifs is 4. The molecule has 3 nitrogen and oxygen atoms in total. The molecule has 1 aliphatic carbocycles. The van der Waals surface area contributed by atoms with Crippen molar-refractivity contribution in [3.8, 4) is 0 Å². The van der Waals surface area contributed by atoms with Crippen LogP contribution in [0.4, 0.5) is 0 Å². The topological polar surface area (TPSA) is 29.5 Å². The van der Waals surface area contributed by atoms with Crippen LogP contribution in [0.2, 0.25) is 0 Å². The molecular formula is C20H27NO2. The van der Waals surface area contributed by atoms with Gasteiger partial charge in [-0.25, -0.2) is 0 Å². The van der Waals surface area contributed by atoms with Gasteiger partial charge in [0.25, 0.3) is 0 Å². The zero-order chi connectivity index (χ0) is 16.0. The van der Waals surface area contributed by atoms with Crippen molar-refractivity contribution in [2.75, 3.05) is 26.3 Å². The third-order valence-electron chi connectivity index (χ3n) is 6.77. The van der Waals surface area contributed by atoms with E-state index in [0.29, 0.717) is 24.3 Å². The zero-order valence-corrected chi connectivity index (χ0v) is 14.3. The van der Waals surface area contributed by atoms with E-state index in [9.17, 15) is 4.79 Å². The van der Waals surface area contributed by atoms with Gasteiger partial charge in [0.05, 0.1) is 12.5 Å². The predicted molar refractivity (Wildman–Crippen MR) is 90.3 cm³/mol. The van der Waals surface area contributed by atoms with Crippen LogP contribution in [0.5, 0.6) is 0 Å². The van der Waals surface area contributed by atoms with Gasteiger partial charge in [-0.15, -0.1) is 0 Å². The fraction of sp³-hybridized carbons (Fsp3) is 0.650. The number of hydrogen-bond acceptors (Lipinski definition) is 2. The summed E-state index contributed by atoms with van der Waals surface area (Å²) in [4.78, 5) is 15.0. The minimum atomic E-state index is 0.0958. The number of hydrogen-bond donors (Lipinski definition) is 0. The second kappa shape index (κ2) is 5.62. The van der Waals surface area contributed by atoms with Crippen LogP contribution in [0.1, 0.15) is 37.8 Å². The van der Waals surface area contributed by atoms with Crippen molar-refractivity contribution in [2.24, 2.45) is 17.8 Å². The van der Waals surface area contributed by atoms with Crippen LogP contribution < -0.4 is 0 Å². The summed E-state index contributed by atoms with van der Waals surface area (Å²) in [7, 11) is 0. The number of carbonyl (C=O) groups excluding carboxylic acids is 1. The van der Waals surface area contributed by atoms with Crippen LogP contribution in [0.25, 0.3) is 0 Å². The van der Waals surface area contributed by atoms with Gasteiger partial charge >= 0.3 is 0 Å². The van der Waals surface area contributed by atoms with Gasteiger partial charge in [0.1, 0.15) is 0 Å². The van der Waals surface area contributed by atoms with Crippen molar-refractivity contribution >= 4 is 5.91 Å². The molecule has 3 aliphatic rings. The molecule has 2 fully saturated rings. The van der Waals surface area contributed by atoms with Crippen molar-refractivity contribution in [1.29, 1.82) is 0 Å². The van der Waals surface area contributed by atoms with Gasteiger partial charge in [0.2, 0.25) is 5.91 Å². The van der Waals surface area contributed by atoms with Crippen LogP contribution in [0, 0.1) is 17.8 Å². The van der Waals surface area contributed by atoms with Crippen LogP contribution in [0.15, 0.2) is 24.3 Å². The van der Waals surface area contributed by atoms with E-state index in [2.05, 4.69) is 43.0 Å². The Morgan fingerprint density at radius 1 is 1.35 bits per heavy atom. The average molecular weight is 313 g/mol. The van der Waals surface area contributed by atoms with Gasteiger partial charge < -0.3 is 9.64 Å². The van der Waals surface area contributed by atoms with E-state index in [1.54, 1.807) is 0 Å². The lowest BCUT2D eigenvalue weighted by atomic mass is 9.60. The molecule has 2 aliphatic heterocycles. The lowest BCUT2D eigenvalue weighted by molar-refractivity contribution is -0.136. The Morgan fingerprint density at radius 2 is 2.17 bits per heavy atom. The van der Waals surface area contributed by atoms with Gasteiger partial charge in [-0.3, -0.25) is 4.79 Å². The molecule has 23 heavy (non-hydrogen) atoms. The van der Waals surface area contributed by atoms with Crippen molar-refractivity contribution < 1.29 is 9.53 Å². The first kappa shape index (κ1) is 15.2. The Kier molecular flexibility index (Phi) is 3.72. The molecule has 1 amide bonds. The summed E-state index contributed by atoms with van der Waals surface area (Å²) in [5, 5.41) is 0. The minimum absolute atomic E-state index is 0.0958. The van der Waals surface area contributed by atoms with Crippen LogP contribution in [-0.4, -0.2) is 37.1 Å². The molecule has 1 unspecified atom stereocenters. The van der Waals surface area contributed by atoms with Crippen molar-refractivity contribution in [3.05, 3.63) is 35.4 Å². The highest BCUT2D eigenvalue weighted by molar-refractivity contribution is 5.79. The molecular weight excluding hydrogens is 286 g/mol. The first-order valence-corrected chi connectivity index (χ1v) is 9.04. The Bertz CT molecular complexity index is 607. The molecule has 1 aromatic rings. The number of benzene rings is 1. The van der Waals surface area contributed by atoms with Gasteiger partial charge in [-0.2, -0.15) is 0 Å². The van der Waals surface area contributed by atoms with E-state index in [4.69, 9.17) is 4.74 Å². The first-order valence-electron chi connectivity index (χ1n) is 9.04. The van der Waals surface area contributed by atoms with Gasteiger partial charge in [0, 0.05) is 19.7 Å². The fourth-order valence-corrected chi connectivity index (χ4v) is 4.99. The predicted octanol–water partition coefficient (Wildman–Crippen LogP) is 3.02. The molecule has 4 atom stereocenters. The van der Waals surface area contributed by atoms with Gasteiger partial charge in [-0.05, 0) is 47.6 Å². The lowest BCUT2D eigenvalue weighted by Crippen LogP contribution is -2.42. The third kappa shape index (κ3) is 2.40. The van der Waals surface area contributed by atoms with Crippen molar-refractivity contribution in [2.45, 2.75) is 38.5 Å². The summed E-state index contributed by atoms with van der Waals surface area (Å²) in [6.45, 7) is 7.98. The van der Waals surface area contributed by atoms with E-state index in [-0.39, 0.29) is 11.3 Å². The minimum Gasteiger partial charge on any atom is -0.381 e. The summed E-state index contributed by atoms with van der Waals surface area (Å²) < 4.78 is 5.43. The van der Waals surface area contributed by atoms with E-state index in [1.165, 1.54) is 11.1 Å². The summed E-state index contributed by atoms with van der Waals surface area (Å²) in [6.07, 6.45) is 3.08. The molecule has 3 heteroatoms. The number of carbonyl (C=O) groups is 1. The Morgan fingerprint density at radius 3 is 2.96 bits per heavy atom. The third-order valence-corrected chi connectivity index (χ3v) is 6.77. The Hall–Kier alpha value is -1.35. The number of ether oxygens (including phenoxy) is 1. The summed E-state index contributed by atoms with van der Waals surface area (Å²) in [5.74, 6) is 1.62. The summed E-state index contributed by atoms with van der Waals surface area (Å²) in [5.41, 5.74) is 3.21. The second-order valence-electron chi connectivity index (χ2n) is 7.92. The molecule has 0 spiro atoms. The first-order chi connectivity index (χ1) is 11.1. The lowest BCUT2D eigenvalue weighted by Gasteiger charge is -2.44. The van der Waals surface area contributed by atoms with Crippen LogP contribution in [0.3, 0.4) is 0 Å². The summed E-state index contributed by atoms with van der Waals surface area (Å²) in [6, 6.07) is 8.92. The van der Waals surface area contributed by atoms with Crippen molar-refractivity contribution in [3.63, 3.8) is 0 Å². The standard InChI is InChI=1S/C20H27NO2/c1-14-17-11-15-5-3-4-6-18(15)20(14,2)8-9-21(12-17)19(22)16-7-10-23-13-16/h3-6,14,16-17H,7-13H2,1-2H3/t14-,16?,17-,20+/m1/s1. The molecule has 0 N–H and O–H groups in total. The maximum absolute atomic E-state index is 12.9. The number of amides is 1. The molecule has 2 heterocycles.